The number of carboxylic acids is 1. The van der Waals surface area contributed by atoms with E-state index in [4.69, 9.17) is 9.84 Å². The molecule has 0 atom stereocenters. The molecular weight excluding hydrogens is 253 g/mol. The monoisotopic (exact) mass is 267 g/mol. The first kappa shape index (κ1) is 13.3. The number of imidazole rings is 1. The van der Waals surface area contributed by atoms with Crippen molar-refractivity contribution in [3.05, 3.63) is 30.0 Å². The maximum absolute atomic E-state index is 13.4. The van der Waals surface area contributed by atoms with Gasteiger partial charge in [0.25, 0.3) is 0 Å². The topological polar surface area (TPSA) is 75.9 Å². The van der Waals surface area contributed by atoms with Gasteiger partial charge in [-0.25, -0.2) is 14.2 Å². The Kier molecular flexibility index (Phi) is 3.96. The average molecular weight is 267 g/mol. The molecule has 0 saturated heterocycles. The number of fused-ring (bicyclic) bond motifs is 1. The van der Waals surface area contributed by atoms with Crippen LogP contribution < -0.4 is 5.32 Å². The first-order valence-corrected chi connectivity index (χ1v) is 5.76. The standard InChI is InChI=1S/C12H14FN3O3/c1-19-4-2-3-14-9-5-8(13)6-16-7-10(12(17)18)15-11(9)16/h5-7,14H,2-4H2,1H3,(H,17,18). The molecule has 0 bridgehead atoms. The number of carboxylic acid groups (broad SMARTS) is 1. The van der Waals surface area contributed by atoms with Crippen LogP contribution in [-0.2, 0) is 4.74 Å². The Bertz CT molecular complexity index is 597. The van der Waals surface area contributed by atoms with E-state index in [2.05, 4.69) is 10.3 Å². The van der Waals surface area contributed by atoms with Gasteiger partial charge in [-0.1, -0.05) is 0 Å². The summed E-state index contributed by atoms with van der Waals surface area (Å²) in [6, 6.07) is 1.29. The van der Waals surface area contributed by atoms with Crippen molar-refractivity contribution >= 4 is 17.3 Å². The van der Waals surface area contributed by atoms with Crippen LogP contribution in [0.25, 0.3) is 5.65 Å². The van der Waals surface area contributed by atoms with Crippen LogP contribution in [0.15, 0.2) is 18.5 Å². The molecule has 0 aliphatic carbocycles. The number of anilines is 1. The molecule has 0 spiro atoms. The van der Waals surface area contributed by atoms with Gasteiger partial charge in [0.1, 0.15) is 5.82 Å². The highest BCUT2D eigenvalue weighted by molar-refractivity contribution is 5.87. The fraction of sp³-hybridized carbons (Fsp3) is 0.333. The summed E-state index contributed by atoms with van der Waals surface area (Å²) in [7, 11) is 1.61. The average Bonchev–Trinajstić information content (AvgIpc) is 2.78. The highest BCUT2D eigenvalue weighted by Crippen LogP contribution is 2.18. The van der Waals surface area contributed by atoms with Gasteiger partial charge >= 0.3 is 5.97 Å². The summed E-state index contributed by atoms with van der Waals surface area (Å²) in [5.41, 5.74) is 0.727. The number of ether oxygens (including phenoxy) is 1. The fourth-order valence-corrected chi connectivity index (χ4v) is 1.74. The lowest BCUT2D eigenvalue weighted by atomic mass is 10.3. The third-order valence-corrected chi connectivity index (χ3v) is 2.58. The van der Waals surface area contributed by atoms with Crippen molar-refractivity contribution in [1.29, 1.82) is 0 Å². The molecule has 2 rings (SSSR count). The number of nitrogens with one attached hydrogen (secondary N) is 1. The van der Waals surface area contributed by atoms with Crippen LogP contribution in [0.5, 0.6) is 0 Å². The lowest BCUT2D eigenvalue weighted by Crippen LogP contribution is -2.06. The molecule has 0 radical (unpaired) electrons. The van der Waals surface area contributed by atoms with Gasteiger partial charge in [-0.05, 0) is 6.42 Å². The van der Waals surface area contributed by atoms with E-state index in [9.17, 15) is 9.18 Å². The second-order valence-corrected chi connectivity index (χ2v) is 4.01. The predicted molar refractivity (Wildman–Crippen MR) is 67.1 cm³/mol. The zero-order chi connectivity index (χ0) is 13.8. The number of nitrogens with zero attached hydrogens (tertiary/aromatic N) is 2. The normalized spacial score (nSPS) is 10.8. The molecular formula is C12H14FN3O3. The molecule has 19 heavy (non-hydrogen) atoms. The van der Waals surface area contributed by atoms with Gasteiger partial charge in [-0.3, -0.25) is 0 Å². The number of aromatic nitrogens is 2. The molecule has 102 valence electrons. The molecule has 0 saturated carbocycles. The summed E-state index contributed by atoms with van der Waals surface area (Å²) in [5.74, 6) is -1.61. The number of carbonyl (C=O) groups is 1. The van der Waals surface area contributed by atoms with E-state index in [-0.39, 0.29) is 5.69 Å². The van der Waals surface area contributed by atoms with Crippen LogP contribution in [0.2, 0.25) is 0 Å². The second-order valence-electron chi connectivity index (χ2n) is 4.01. The third-order valence-electron chi connectivity index (χ3n) is 2.58. The lowest BCUT2D eigenvalue weighted by Gasteiger charge is -2.07. The number of hydrogen-bond acceptors (Lipinski definition) is 4. The molecule has 2 aromatic rings. The van der Waals surface area contributed by atoms with Gasteiger partial charge in [0.05, 0.1) is 5.69 Å². The molecule has 2 heterocycles. The Labute approximate surface area is 108 Å². The summed E-state index contributed by atoms with van der Waals surface area (Å²) in [5, 5.41) is 11.9. The molecule has 6 nitrogen and oxygen atoms in total. The maximum Gasteiger partial charge on any atom is 0.356 e. The van der Waals surface area contributed by atoms with Crippen molar-refractivity contribution in [3.8, 4) is 0 Å². The highest BCUT2D eigenvalue weighted by atomic mass is 19.1. The highest BCUT2D eigenvalue weighted by Gasteiger charge is 2.12. The van der Waals surface area contributed by atoms with Gasteiger partial charge < -0.3 is 19.6 Å². The Morgan fingerprint density at radius 2 is 2.37 bits per heavy atom. The van der Waals surface area contributed by atoms with Crippen molar-refractivity contribution in [3.63, 3.8) is 0 Å². The van der Waals surface area contributed by atoms with Crippen LogP contribution in [0, 0.1) is 5.82 Å². The van der Waals surface area contributed by atoms with E-state index in [1.807, 2.05) is 0 Å². The molecule has 2 aromatic heterocycles. The quantitative estimate of drug-likeness (QED) is 0.778. The van der Waals surface area contributed by atoms with E-state index in [0.29, 0.717) is 24.5 Å². The number of aromatic carboxylic acids is 1. The zero-order valence-electron chi connectivity index (χ0n) is 10.4. The Balaban J connectivity index is 2.28. The van der Waals surface area contributed by atoms with E-state index < -0.39 is 11.8 Å². The largest absolute Gasteiger partial charge is 0.476 e. The van der Waals surface area contributed by atoms with E-state index in [1.165, 1.54) is 22.9 Å². The molecule has 0 unspecified atom stereocenters. The lowest BCUT2D eigenvalue weighted by molar-refractivity contribution is 0.0691. The molecule has 0 amide bonds. The number of hydrogen-bond donors (Lipinski definition) is 2. The molecule has 0 aliphatic heterocycles. The number of methoxy groups -OCH3 is 1. The Morgan fingerprint density at radius 1 is 1.58 bits per heavy atom. The van der Waals surface area contributed by atoms with Crippen LogP contribution in [-0.4, -0.2) is 40.7 Å². The maximum atomic E-state index is 13.4. The van der Waals surface area contributed by atoms with E-state index >= 15 is 0 Å². The summed E-state index contributed by atoms with van der Waals surface area (Å²) in [6.07, 6.45) is 3.22. The van der Waals surface area contributed by atoms with Gasteiger partial charge in [-0.2, -0.15) is 0 Å². The number of halogens is 1. The van der Waals surface area contributed by atoms with E-state index in [0.717, 1.165) is 6.42 Å². The van der Waals surface area contributed by atoms with Gasteiger partial charge in [-0.15, -0.1) is 0 Å². The summed E-state index contributed by atoms with van der Waals surface area (Å²) < 4.78 is 19.7. The van der Waals surface area contributed by atoms with Gasteiger partial charge in [0.2, 0.25) is 0 Å². The minimum absolute atomic E-state index is 0.120. The third kappa shape index (κ3) is 3.00. The smallest absolute Gasteiger partial charge is 0.356 e. The summed E-state index contributed by atoms with van der Waals surface area (Å²) in [4.78, 5) is 14.8. The predicted octanol–water partition coefficient (Wildman–Crippen LogP) is 1.62. The van der Waals surface area contributed by atoms with Crippen LogP contribution in [0.3, 0.4) is 0 Å². The van der Waals surface area contributed by atoms with Crippen LogP contribution in [0.4, 0.5) is 10.1 Å². The van der Waals surface area contributed by atoms with E-state index in [1.54, 1.807) is 7.11 Å². The second kappa shape index (κ2) is 5.66. The van der Waals surface area contributed by atoms with Crippen molar-refractivity contribution in [1.82, 2.24) is 9.38 Å². The number of pyridine rings is 1. The van der Waals surface area contributed by atoms with Crippen molar-refractivity contribution < 1.29 is 19.0 Å². The molecule has 0 aliphatic rings. The molecule has 0 fully saturated rings. The fourth-order valence-electron chi connectivity index (χ4n) is 1.74. The Hall–Kier alpha value is -2.15. The van der Waals surface area contributed by atoms with Gasteiger partial charge in [0, 0.05) is 38.7 Å². The first-order chi connectivity index (χ1) is 9.11. The minimum atomic E-state index is -1.14. The minimum Gasteiger partial charge on any atom is -0.476 e. The molecule has 0 aromatic carbocycles. The first-order valence-electron chi connectivity index (χ1n) is 5.76. The van der Waals surface area contributed by atoms with Crippen LogP contribution in [0.1, 0.15) is 16.9 Å². The SMILES string of the molecule is COCCCNc1cc(F)cn2cc(C(=O)O)nc12. The number of rotatable bonds is 6. The van der Waals surface area contributed by atoms with Crippen LogP contribution >= 0.6 is 0 Å². The summed E-state index contributed by atoms with van der Waals surface area (Å²) >= 11 is 0. The molecule has 7 heteroatoms. The summed E-state index contributed by atoms with van der Waals surface area (Å²) in [6.45, 7) is 1.18. The van der Waals surface area contributed by atoms with Gasteiger partial charge in [0.15, 0.2) is 11.3 Å². The van der Waals surface area contributed by atoms with Crippen molar-refractivity contribution in [2.45, 2.75) is 6.42 Å². The zero-order valence-corrected chi connectivity index (χ0v) is 10.4. The van der Waals surface area contributed by atoms with Crippen molar-refractivity contribution in [2.24, 2.45) is 0 Å². The molecule has 2 N–H and O–H groups in total. The van der Waals surface area contributed by atoms with Crippen molar-refractivity contribution in [2.75, 3.05) is 25.6 Å². The Morgan fingerprint density at radius 3 is 3.05 bits per heavy atom.